The van der Waals surface area contributed by atoms with Crippen LogP contribution in [0.4, 0.5) is 0 Å². The molecule has 0 aromatic heterocycles. The van der Waals surface area contributed by atoms with Crippen molar-refractivity contribution in [2.45, 2.75) is 117 Å². The van der Waals surface area contributed by atoms with E-state index in [-0.39, 0.29) is 39.9 Å². The first-order chi connectivity index (χ1) is 14.2. The maximum atomic E-state index is 12.4. The molecule has 2 saturated carbocycles. The van der Waals surface area contributed by atoms with Gasteiger partial charge in [-0.05, 0) is 73.9 Å². The monoisotopic (exact) mass is 468 g/mol. The number of hydrogen-bond acceptors (Lipinski definition) is 3. The molecule has 0 radical (unpaired) electrons. The van der Waals surface area contributed by atoms with Crippen LogP contribution in [0.5, 0.6) is 0 Å². The van der Waals surface area contributed by atoms with E-state index in [9.17, 15) is 4.79 Å². The number of alkyl halides is 1. The van der Waals surface area contributed by atoms with E-state index in [0.717, 1.165) is 32.1 Å². The molecule has 178 valence electrons. The van der Waals surface area contributed by atoms with E-state index in [1.54, 1.807) is 5.57 Å². The predicted molar refractivity (Wildman–Crippen MR) is 132 cm³/mol. The van der Waals surface area contributed by atoms with E-state index in [4.69, 9.17) is 20.8 Å². The van der Waals surface area contributed by atoms with Crippen molar-refractivity contribution in [1.82, 2.24) is 0 Å². The summed E-state index contributed by atoms with van der Waals surface area (Å²) in [5, 5.41) is 0.184. The van der Waals surface area contributed by atoms with Gasteiger partial charge in [-0.2, -0.15) is 0 Å². The van der Waals surface area contributed by atoms with Gasteiger partial charge in [0.25, 0.3) is 0 Å². The number of rotatable bonds is 4. The maximum absolute atomic E-state index is 12.4. The molecule has 3 aliphatic rings. The molecule has 0 aromatic carbocycles. The van der Waals surface area contributed by atoms with Crippen molar-refractivity contribution in [2.75, 3.05) is 5.88 Å². The topological polar surface area (TPSA) is 35.5 Å². The zero-order valence-corrected chi connectivity index (χ0v) is 22.9. The summed E-state index contributed by atoms with van der Waals surface area (Å²) in [4.78, 5) is 12.4. The fraction of sp³-hybridized carbons (Fsp3) is 0.885. The summed E-state index contributed by atoms with van der Waals surface area (Å²) in [6, 6.07) is 0. The first kappa shape index (κ1) is 25.3. The average molecular weight is 469 g/mol. The third-order valence-electron chi connectivity index (χ3n) is 9.60. The molecule has 0 N–H and O–H groups in total. The molecular formula is C26H45ClO3Si. The molecule has 3 aliphatic carbocycles. The van der Waals surface area contributed by atoms with E-state index in [1.165, 1.54) is 12.8 Å². The Morgan fingerprint density at radius 1 is 1.23 bits per heavy atom. The van der Waals surface area contributed by atoms with E-state index >= 15 is 0 Å². The van der Waals surface area contributed by atoms with Gasteiger partial charge >= 0.3 is 5.97 Å². The second kappa shape index (κ2) is 8.80. The van der Waals surface area contributed by atoms with Crippen molar-refractivity contribution >= 4 is 25.9 Å². The predicted octanol–water partition coefficient (Wildman–Crippen LogP) is 7.49. The molecule has 0 spiro atoms. The summed E-state index contributed by atoms with van der Waals surface area (Å²) in [5.74, 6) is 0.566. The van der Waals surface area contributed by atoms with Crippen molar-refractivity contribution in [3.05, 3.63) is 11.6 Å². The van der Waals surface area contributed by atoms with E-state index in [0.29, 0.717) is 11.8 Å². The number of carbonyl (C=O) groups is 1. The van der Waals surface area contributed by atoms with Crippen LogP contribution in [0.25, 0.3) is 0 Å². The van der Waals surface area contributed by atoms with Crippen LogP contribution >= 0.6 is 11.6 Å². The smallest absolute Gasteiger partial charge is 0.321 e. The van der Waals surface area contributed by atoms with Crippen LogP contribution in [-0.2, 0) is 14.0 Å². The number of esters is 1. The standard InChI is InChI=1S/C26H45ClO3Si/c1-24(2,3)31(7,8)30-21-10-9-15-26(6)20(21)14-13-18-11-12-19(25(18,4)5)16-22(26)29-23(28)17-27/h13,19-22H,9-12,14-17H2,1-8H3/b18-13+/t19-,20+,21+,22+,26-/m1/s1. The lowest BCUT2D eigenvalue weighted by Gasteiger charge is -2.52. The SMILES string of the molecule is CC1(C)/C2=C/C[C@H]3[C@@H](O[Si](C)(C)C(C)(C)C)CCC[C@@]3(C)[C@@H](OC(=O)CCl)C[C@H]1CC2. The van der Waals surface area contributed by atoms with Gasteiger partial charge in [0.1, 0.15) is 12.0 Å². The number of allylic oxidation sites excluding steroid dienone is 2. The first-order valence-corrected chi connectivity index (χ1v) is 15.8. The number of hydrogen-bond donors (Lipinski definition) is 0. The second-order valence-corrected chi connectivity index (χ2v) is 17.7. The van der Waals surface area contributed by atoms with E-state index in [2.05, 4.69) is 60.7 Å². The van der Waals surface area contributed by atoms with Crippen LogP contribution in [0.2, 0.25) is 18.1 Å². The molecule has 0 aromatic rings. The summed E-state index contributed by atoms with van der Waals surface area (Å²) < 4.78 is 13.2. The molecule has 0 heterocycles. The Morgan fingerprint density at radius 2 is 1.90 bits per heavy atom. The molecule has 5 heteroatoms. The van der Waals surface area contributed by atoms with Crippen LogP contribution in [-0.4, -0.2) is 32.4 Å². The van der Waals surface area contributed by atoms with Crippen LogP contribution in [0.15, 0.2) is 11.6 Å². The lowest BCUT2D eigenvalue weighted by molar-refractivity contribution is -0.165. The van der Waals surface area contributed by atoms with Crippen LogP contribution in [0.1, 0.15) is 86.5 Å². The van der Waals surface area contributed by atoms with Crippen LogP contribution in [0.3, 0.4) is 0 Å². The van der Waals surface area contributed by atoms with Crippen molar-refractivity contribution < 1.29 is 14.0 Å². The fourth-order valence-electron chi connectivity index (χ4n) is 6.23. The Hall–Kier alpha value is -0.323. The van der Waals surface area contributed by atoms with Crippen molar-refractivity contribution in [1.29, 1.82) is 0 Å². The van der Waals surface area contributed by atoms with Crippen molar-refractivity contribution in [3.8, 4) is 0 Å². The Bertz CT molecular complexity index is 708. The zero-order chi connectivity index (χ0) is 23.2. The Balaban J connectivity index is 2.01. The van der Waals surface area contributed by atoms with Gasteiger partial charge in [0.15, 0.2) is 8.32 Å². The zero-order valence-electron chi connectivity index (χ0n) is 21.1. The van der Waals surface area contributed by atoms with Gasteiger partial charge in [-0.3, -0.25) is 4.79 Å². The normalized spacial score (nSPS) is 37.6. The summed E-state index contributed by atoms with van der Waals surface area (Å²) in [6.45, 7) is 18.8. The van der Waals surface area contributed by atoms with Crippen LogP contribution in [0, 0.1) is 22.7 Å². The van der Waals surface area contributed by atoms with Gasteiger partial charge in [0.2, 0.25) is 0 Å². The van der Waals surface area contributed by atoms with Gasteiger partial charge in [-0.15, -0.1) is 11.6 Å². The number of ether oxygens (including phenoxy) is 1. The molecule has 0 saturated heterocycles. The van der Waals surface area contributed by atoms with Crippen molar-refractivity contribution in [2.24, 2.45) is 22.7 Å². The average Bonchev–Trinajstić information content (AvgIpc) is 2.94. The highest BCUT2D eigenvalue weighted by atomic mass is 35.5. The third-order valence-corrected chi connectivity index (χ3v) is 14.3. The Kier molecular flexibility index (Phi) is 7.18. The number of fused-ring (bicyclic) bond motifs is 3. The van der Waals surface area contributed by atoms with Crippen molar-refractivity contribution in [3.63, 3.8) is 0 Å². The Morgan fingerprint density at radius 3 is 2.52 bits per heavy atom. The molecule has 5 atom stereocenters. The summed E-state index contributed by atoms with van der Waals surface area (Å²) in [6.07, 6.45) is 10.3. The highest BCUT2D eigenvalue weighted by Crippen LogP contribution is 2.57. The fourth-order valence-corrected chi connectivity index (χ4v) is 7.69. The van der Waals surface area contributed by atoms with Gasteiger partial charge < -0.3 is 9.16 Å². The van der Waals surface area contributed by atoms with E-state index < -0.39 is 8.32 Å². The third kappa shape index (κ3) is 4.82. The lowest BCUT2D eigenvalue weighted by atomic mass is 9.60. The number of carbonyl (C=O) groups excluding carboxylic acids is 1. The minimum Gasteiger partial charge on any atom is -0.461 e. The summed E-state index contributed by atoms with van der Waals surface area (Å²) >= 11 is 5.89. The molecule has 3 rings (SSSR count). The van der Waals surface area contributed by atoms with Gasteiger partial charge in [-0.25, -0.2) is 0 Å². The van der Waals surface area contributed by atoms with E-state index in [1.807, 2.05) is 0 Å². The van der Waals surface area contributed by atoms with Crippen LogP contribution < -0.4 is 0 Å². The summed E-state index contributed by atoms with van der Waals surface area (Å²) in [7, 11) is -1.90. The molecule has 0 unspecified atom stereocenters. The minimum atomic E-state index is -1.90. The highest BCUT2D eigenvalue weighted by molar-refractivity contribution is 6.74. The molecule has 0 aliphatic heterocycles. The Labute approximate surface area is 196 Å². The quantitative estimate of drug-likeness (QED) is 0.185. The molecule has 31 heavy (non-hydrogen) atoms. The molecule has 2 fully saturated rings. The van der Waals surface area contributed by atoms with Gasteiger partial charge in [0, 0.05) is 11.5 Å². The summed E-state index contributed by atoms with van der Waals surface area (Å²) in [5.41, 5.74) is 1.69. The molecular weight excluding hydrogens is 424 g/mol. The van der Waals surface area contributed by atoms with Gasteiger partial charge in [0.05, 0.1) is 0 Å². The largest absolute Gasteiger partial charge is 0.461 e. The first-order valence-electron chi connectivity index (χ1n) is 12.3. The maximum Gasteiger partial charge on any atom is 0.321 e. The second-order valence-electron chi connectivity index (χ2n) is 12.7. The molecule has 3 nitrogen and oxygen atoms in total. The molecule has 0 amide bonds. The number of halogens is 1. The molecule has 2 bridgehead atoms. The lowest BCUT2D eigenvalue weighted by Crippen LogP contribution is -2.54. The highest BCUT2D eigenvalue weighted by Gasteiger charge is 2.54. The van der Waals surface area contributed by atoms with Gasteiger partial charge in [-0.1, -0.05) is 59.6 Å². The minimum absolute atomic E-state index is 0.0707.